The molecule has 0 N–H and O–H groups in total. The lowest BCUT2D eigenvalue weighted by Gasteiger charge is -2.05. The van der Waals surface area contributed by atoms with Crippen LogP contribution in [0.4, 0.5) is 0 Å². The summed E-state index contributed by atoms with van der Waals surface area (Å²) >= 11 is 1.59. The number of benzene rings is 2. The molecule has 0 fully saturated rings. The van der Waals surface area contributed by atoms with Gasteiger partial charge in [-0.15, -0.1) is 11.3 Å². The third kappa shape index (κ3) is 5.53. The molecule has 3 aromatic rings. The van der Waals surface area contributed by atoms with Crippen LogP contribution in [0, 0.1) is 18.3 Å². The van der Waals surface area contributed by atoms with Gasteiger partial charge in [-0.05, 0) is 55.0 Å². The van der Waals surface area contributed by atoms with Crippen LogP contribution in [-0.4, -0.2) is 11.0 Å². The predicted octanol–water partition coefficient (Wildman–Crippen LogP) is 4.52. The van der Waals surface area contributed by atoms with E-state index < -0.39 is 5.97 Å². The molecule has 0 bridgehead atoms. The molecule has 0 radical (unpaired) electrons. The Morgan fingerprint density at radius 1 is 1.22 bits per heavy atom. The van der Waals surface area contributed by atoms with Crippen LogP contribution in [0.15, 0.2) is 60.0 Å². The largest absolute Gasteiger partial charge is 0.487 e. The molecule has 0 saturated heterocycles. The zero-order valence-electron chi connectivity index (χ0n) is 14.6. The number of esters is 1. The first kappa shape index (κ1) is 18.4. The van der Waals surface area contributed by atoms with Crippen molar-refractivity contribution in [2.75, 3.05) is 0 Å². The van der Waals surface area contributed by atoms with Crippen LogP contribution in [0.25, 0.3) is 6.08 Å². The van der Waals surface area contributed by atoms with E-state index in [4.69, 9.17) is 14.7 Å². The lowest BCUT2D eigenvalue weighted by Crippen LogP contribution is -2.03. The summed E-state index contributed by atoms with van der Waals surface area (Å²) in [6, 6.07) is 15.8. The molecule has 0 aliphatic carbocycles. The lowest BCUT2D eigenvalue weighted by molar-refractivity contribution is -0.128. The van der Waals surface area contributed by atoms with Crippen molar-refractivity contribution in [3.05, 3.63) is 81.8 Å². The molecule has 5 nitrogen and oxygen atoms in total. The Bertz CT molecular complexity index is 1000. The minimum atomic E-state index is -0.496. The van der Waals surface area contributed by atoms with Crippen molar-refractivity contribution >= 4 is 23.4 Å². The third-order valence-electron chi connectivity index (χ3n) is 3.53. The summed E-state index contributed by atoms with van der Waals surface area (Å²) in [5, 5.41) is 11.7. The van der Waals surface area contributed by atoms with Gasteiger partial charge in [-0.3, -0.25) is 0 Å². The topological polar surface area (TPSA) is 72.2 Å². The highest BCUT2D eigenvalue weighted by Gasteiger charge is 2.03. The molecule has 27 heavy (non-hydrogen) atoms. The standard InChI is InChI=1S/C21H16N2O3S/c1-15-23-18(14-27-15)13-25-20-4-2-3-16(11-20)7-10-21(24)26-19-8-5-17(12-22)6-9-19/h2-11,14H,13H2,1H3/b10-7+. The van der Waals surface area contributed by atoms with Crippen LogP contribution in [0.1, 0.15) is 21.8 Å². The van der Waals surface area contributed by atoms with Crippen molar-refractivity contribution in [1.29, 1.82) is 5.26 Å². The minimum absolute atomic E-state index is 0.388. The first-order valence-corrected chi connectivity index (χ1v) is 9.04. The fraction of sp³-hybridized carbons (Fsp3) is 0.0952. The molecular formula is C21H16N2O3S. The number of hydrogen-bond donors (Lipinski definition) is 0. The summed E-state index contributed by atoms with van der Waals surface area (Å²) in [7, 11) is 0. The van der Waals surface area contributed by atoms with Crippen LogP contribution in [-0.2, 0) is 11.4 Å². The van der Waals surface area contributed by atoms with E-state index >= 15 is 0 Å². The number of thiazole rings is 1. The molecule has 2 aromatic carbocycles. The van der Waals surface area contributed by atoms with Gasteiger partial charge in [-0.25, -0.2) is 9.78 Å². The Hall–Kier alpha value is -3.43. The Morgan fingerprint density at radius 3 is 2.74 bits per heavy atom. The smallest absolute Gasteiger partial charge is 0.336 e. The Labute approximate surface area is 161 Å². The molecule has 1 heterocycles. The summed E-state index contributed by atoms with van der Waals surface area (Å²) in [6.45, 7) is 2.36. The maximum atomic E-state index is 11.9. The normalized spacial score (nSPS) is 10.5. The summed E-state index contributed by atoms with van der Waals surface area (Å²) in [4.78, 5) is 16.3. The van der Waals surface area contributed by atoms with Crippen LogP contribution < -0.4 is 9.47 Å². The monoisotopic (exact) mass is 376 g/mol. The summed E-state index contributed by atoms with van der Waals surface area (Å²) in [6.07, 6.45) is 3.01. The third-order valence-corrected chi connectivity index (χ3v) is 4.35. The van der Waals surface area contributed by atoms with Gasteiger partial charge in [0, 0.05) is 11.5 Å². The van der Waals surface area contributed by atoms with E-state index in [0.717, 1.165) is 16.3 Å². The predicted molar refractivity (Wildman–Crippen MR) is 103 cm³/mol. The summed E-state index contributed by atoms with van der Waals surface area (Å²) in [5.74, 6) is 0.589. The van der Waals surface area contributed by atoms with Crippen LogP contribution >= 0.6 is 11.3 Å². The second kappa shape index (κ2) is 8.79. The van der Waals surface area contributed by atoms with Gasteiger partial charge in [-0.1, -0.05) is 12.1 Å². The van der Waals surface area contributed by atoms with Crippen molar-refractivity contribution in [2.24, 2.45) is 0 Å². The maximum absolute atomic E-state index is 11.9. The highest BCUT2D eigenvalue weighted by atomic mass is 32.1. The SMILES string of the molecule is Cc1nc(COc2cccc(/C=C/C(=O)Oc3ccc(C#N)cc3)c2)cs1. The molecule has 3 rings (SSSR count). The average molecular weight is 376 g/mol. The second-order valence-electron chi connectivity index (χ2n) is 5.61. The Morgan fingerprint density at radius 2 is 2.04 bits per heavy atom. The van der Waals surface area contributed by atoms with E-state index in [0.29, 0.717) is 23.7 Å². The van der Waals surface area contributed by atoms with E-state index in [1.54, 1.807) is 41.7 Å². The van der Waals surface area contributed by atoms with Gasteiger partial charge in [-0.2, -0.15) is 5.26 Å². The molecule has 6 heteroatoms. The number of ether oxygens (including phenoxy) is 2. The Kier molecular flexibility index (Phi) is 5.98. The van der Waals surface area contributed by atoms with Crippen LogP contribution in [0.3, 0.4) is 0 Å². The van der Waals surface area contributed by atoms with Crippen molar-refractivity contribution in [3.8, 4) is 17.6 Å². The first-order valence-electron chi connectivity index (χ1n) is 8.16. The number of rotatable bonds is 6. The molecule has 0 saturated carbocycles. The maximum Gasteiger partial charge on any atom is 0.336 e. The molecule has 0 atom stereocenters. The fourth-order valence-corrected chi connectivity index (χ4v) is 2.85. The number of aryl methyl sites for hydroxylation is 1. The number of carbonyl (C=O) groups is 1. The quantitative estimate of drug-likeness (QED) is 0.359. The number of carbonyl (C=O) groups excluding carboxylic acids is 1. The highest BCUT2D eigenvalue weighted by Crippen LogP contribution is 2.17. The second-order valence-corrected chi connectivity index (χ2v) is 6.67. The van der Waals surface area contributed by atoms with Crippen molar-refractivity contribution in [2.45, 2.75) is 13.5 Å². The van der Waals surface area contributed by atoms with Crippen molar-refractivity contribution in [1.82, 2.24) is 4.98 Å². The van der Waals surface area contributed by atoms with Gasteiger partial charge in [0.05, 0.1) is 22.3 Å². The van der Waals surface area contributed by atoms with E-state index in [2.05, 4.69) is 4.98 Å². The molecule has 0 aliphatic heterocycles. The molecule has 0 aliphatic rings. The molecule has 0 spiro atoms. The average Bonchev–Trinajstić information content (AvgIpc) is 3.11. The van der Waals surface area contributed by atoms with E-state index in [1.165, 1.54) is 6.08 Å². The summed E-state index contributed by atoms with van der Waals surface area (Å²) in [5.41, 5.74) is 2.22. The molecule has 0 amide bonds. The minimum Gasteiger partial charge on any atom is -0.487 e. The number of nitrogens with zero attached hydrogens (tertiary/aromatic N) is 2. The van der Waals surface area contributed by atoms with Gasteiger partial charge >= 0.3 is 5.97 Å². The number of hydrogen-bond acceptors (Lipinski definition) is 6. The van der Waals surface area contributed by atoms with Crippen molar-refractivity contribution < 1.29 is 14.3 Å². The molecule has 0 unspecified atom stereocenters. The highest BCUT2D eigenvalue weighted by molar-refractivity contribution is 7.09. The summed E-state index contributed by atoms with van der Waals surface area (Å²) < 4.78 is 10.9. The number of aromatic nitrogens is 1. The lowest BCUT2D eigenvalue weighted by atomic mass is 10.2. The van der Waals surface area contributed by atoms with Crippen LogP contribution in [0.5, 0.6) is 11.5 Å². The van der Waals surface area contributed by atoms with Crippen molar-refractivity contribution in [3.63, 3.8) is 0 Å². The Balaban J connectivity index is 1.57. The zero-order valence-corrected chi connectivity index (χ0v) is 15.4. The number of nitriles is 1. The fourth-order valence-electron chi connectivity index (χ4n) is 2.25. The van der Waals surface area contributed by atoms with E-state index in [1.807, 2.05) is 42.6 Å². The zero-order chi connectivity index (χ0) is 19.1. The van der Waals surface area contributed by atoms with Crippen LogP contribution in [0.2, 0.25) is 0 Å². The van der Waals surface area contributed by atoms with Gasteiger partial charge in [0.25, 0.3) is 0 Å². The molecule has 1 aromatic heterocycles. The molecular weight excluding hydrogens is 360 g/mol. The first-order chi connectivity index (χ1) is 13.1. The van der Waals surface area contributed by atoms with E-state index in [-0.39, 0.29) is 0 Å². The van der Waals surface area contributed by atoms with Gasteiger partial charge in [0.2, 0.25) is 0 Å². The van der Waals surface area contributed by atoms with Gasteiger partial charge in [0.1, 0.15) is 18.1 Å². The van der Waals surface area contributed by atoms with Gasteiger partial charge < -0.3 is 9.47 Å². The van der Waals surface area contributed by atoms with E-state index in [9.17, 15) is 4.79 Å². The molecule has 134 valence electrons. The van der Waals surface area contributed by atoms with Gasteiger partial charge in [0.15, 0.2) is 0 Å².